The lowest BCUT2D eigenvalue weighted by molar-refractivity contribution is -0.598. The number of carbonyl (C=O) groups excluding carboxylic acids is 1. The molecule has 1 N–H and O–H groups in total. The number of amides is 1. The van der Waals surface area contributed by atoms with Crippen molar-refractivity contribution in [1.82, 2.24) is 5.32 Å². The highest BCUT2D eigenvalue weighted by Gasteiger charge is 2.77. The number of halogens is 3. The van der Waals surface area contributed by atoms with Crippen LogP contribution in [0.25, 0.3) is 0 Å². The number of fused-ring (bicyclic) bond motifs is 4. The van der Waals surface area contributed by atoms with Crippen LogP contribution in [-0.2, 0) is 52.8 Å². The molecule has 10 aliphatic rings. The fourth-order valence-electron chi connectivity index (χ4n) is 11.4. The molecule has 8 aliphatic heterocycles. The molecule has 0 unspecified atom stereocenters. The second kappa shape index (κ2) is 12.2. The SMILES string of the molecule is C[C@@H]1CC[C@H]2[C@@H](C)[C@@](C)(OCC(=O)NCCO[C@@]3(C(F)(F)F)O[C@@H]4O[C@]5(C)CC[C@H]6[C@H](C)CC[C@@H]([C@H]3C)[C@@]46OO5)O[C@@H]3O[C@]4(C)CC[C@@H]1[C@]32OO4. The third-order valence-electron chi connectivity index (χ3n) is 14.4. The third-order valence-corrected chi connectivity index (χ3v) is 14.4. The van der Waals surface area contributed by atoms with Crippen molar-refractivity contribution in [2.24, 2.45) is 47.3 Å². The Labute approximate surface area is 297 Å². The van der Waals surface area contributed by atoms with E-state index in [1.54, 1.807) is 13.8 Å². The van der Waals surface area contributed by atoms with Gasteiger partial charge >= 0.3 is 6.18 Å². The summed E-state index contributed by atoms with van der Waals surface area (Å²) in [5, 5.41) is 2.65. The summed E-state index contributed by atoms with van der Waals surface area (Å²) in [7, 11) is 0. The molecule has 15 heteroatoms. The first-order chi connectivity index (χ1) is 23.9. The first kappa shape index (κ1) is 36.8. The van der Waals surface area contributed by atoms with Crippen LogP contribution in [0.15, 0.2) is 0 Å². The molecular weight excluding hydrogens is 679 g/mol. The predicted molar refractivity (Wildman–Crippen MR) is 168 cm³/mol. The quantitative estimate of drug-likeness (QED) is 0.250. The number of hydrogen-bond acceptors (Lipinski definition) is 11. The van der Waals surface area contributed by atoms with Crippen LogP contribution in [0.4, 0.5) is 13.2 Å². The molecule has 0 aromatic heterocycles. The highest BCUT2D eigenvalue weighted by atomic mass is 19.4. The number of rotatable bonds is 7. The molecule has 16 atom stereocenters. The largest absolute Gasteiger partial charge is 0.443 e. The van der Waals surface area contributed by atoms with E-state index >= 15 is 13.2 Å². The summed E-state index contributed by atoms with van der Waals surface area (Å²) in [6.07, 6.45) is -1.19. The van der Waals surface area contributed by atoms with Gasteiger partial charge < -0.3 is 33.7 Å². The molecule has 0 radical (unpaired) electrons. The summed E-state index contributed by atoms with van der Waals surface area (Å²) in [4.78, 5) is 36.9. The van der Waals surface area contributed by atoms with Crippen molar-refractivity contribution in [3.8, 4) is 0 Å². The van der Waals surface area contributed by atoms with Crippen LogP contribution in [0.3, 0.4) is 0 Å². The van der Waals surface area contributed by atoms with Gasteiger partial charge in [0, 0.05) is 43.1 Å². The Morgan fingerprint density at radius 2 is 1.22 bits per heavy atom. The number of ether oxygens (including phenoxy) is 6. The fourth-order valence-corrected chi connectivity index (χ4v) is 11.4. The predicted octanol–water partition coefficient (Wildman–Crippen LogP) is 5.87. The molecule has 8 heterocycles. The van der Waals surface area contributed by atoms with Crippen molar-refractivity contribution in [1.29, 1.82) is 0 Å². The van der Waals surface area contributed by atoms with Gasteiger partial charge in [-0.2, -0.15) is 13.2 Å². The van der Waals surface area contributed by atoms with Crippen LogP contribution < -0.4 is 5.32 Å². The van der Waals surface area contributed by atoms with Gasteiger partial charge in [-0.25, -0.2) is 19.6 Å². The molecule has 2 aliphatic carbocycles. The van der Waals surface area contributed by atoms with Crippen molar-refractivity contribution in [3.63, 3.8) is 0 Å². The molecule has 0 aromatic carbocycles. The molecular formula is C36H54F3NO11. The minimum atomic E-state index is -4.90. The summed E-state index contributed by atoms with van der Waals surface area (Å²) in [6, 6.07) is 0. The van der Waals surface area contributed by atoms with E-state index in [1.165, 1.54) is 6.92 Å². The minimum absolute atomic E-state index is 0.00778. The number of hydrogen-bond donors (Lipinski definition) is 1. The van der Waals surface area contributed by atoms with Crippen LogP contribution >= 0.6 is 0 Å². The Kier molecular flexibility index (Phi) is 8.79. The van der Waals surface area contributed by atoms with Crippen LogP contribution in [0.5, 0.6) is 0 Å². The van der Waals surface area contributed by atoms with Gasteiger partial charge in [0.15, 0.2) is 29.6 Å². The maximum Gasteiger partial charge on any atom is 0.443 e. The normalized spacial score (nSPS) is 54.5. The van der Waals surface area contributed by atoms with Crippen LogP contribution in [0, 0.1) is 47.3 Å². The molecule has 10 fully saturated rings. The Morgan fingerprint density at radius 3 is 1.76 bits per heavy atom. The summed E-state index contributed by atoms with van der Waals surface area (Å²) < 4.78 is 82.4. The van der Waals surface area contributed by atoms with Crippen molar-refractivity contribution in [2.75, 3.05) is 19.8 Å². The molecule has 10 rings (SSSR count). The number of carbonyl (C=O) groups is 1. The molecule has 8 saturated heterocycles. The van der Waals surface area contributed by atoms with Gasteiger partial charge in [0.1, 0.15) is 6.61 Å². The van der Waals surface area contributed by atoms with E-state index in [-0.39, 0.29) is 42.7 Å². The molecule has 12 nitrogen and oxygen atoms in total. The summed E-state index contributed by atoms with van der Waals surface area (Å²) in [5.74, 6) is -8.16. The zero-order chi connectivity index (χ0) is 36.4. The third kappa shape index (κ3) is 5.33. The highest BCUT2D eigenvalue weighted by molar-refractivity contribution is 5.77. The average Bonchev–Trinajstić information content (AvgIpc) is 3.44. The first-order valence-electron chi connectivity index (χ1n) is 19.0. The van der Waals surface area contributed by atoms with Crippen molar-refractivity contribution in [2.45, 2.75) is 153 Å². The van der Waals surface area contributed by atoms with Gasteiger partial charge in [-0.05, 0) is 83.0 Å². The maximum atomic E-state index is 15.1. The van der Waals surface area contributed by atoms with E-state index in [1.807, 2.05) is 13.8 Å². The van der Waals surface area contributed by atoms with Crippen molar-refractivity contribution >= 4 is 5.91 Å². The lowest BCUT2D eigenvalue weighted by Gasteiger charge is -2.62. The Balaban J connectivity index is 0.922. The Morgan fingerprint density at radius 1 is 0.686 bits per heavy atom. The number of alkyl halides is 3. The average molecular weight is 734 g/mol. The van der Waals surface area contributed by atoms with E-state index in [0.29, 0.717) is 31.6 Å². The van der Waals surface area contributed by atoms with E-state index in [0.717, 1.165) is 25.7 Å². The molecule has 1 amide bonds. The monoisotopic (exact) mass is 733 g/mol. The Hall–Kier alpha value is -1.14. The zero-order valence-corrected chi connectivity index (χ0v) is 30.7. The van der Waals surface area contributed by atoms with Gasteiger partial charge in [0.25, 0.3) is 5.79 Å². The fraction of sp³-hybridized carbons (Fsp3) is 0.972. The van der Waals surface area contributed by atoms with Gasteiger partial charge in [-0.3, -0.25) is 4.79 Å². The smallest absolute Gasteiger partial charge is 0.352 e. The van der Waals surface area contributed by atoms with Gasteiger partial charge in [0.05, 0.1) is 6.61 Å². The van der Waals surface area contributed by atoms with Crippen molar-refractivity contribution < 1.29 is 65.9 Å². The first-order valence-corrected chi connectivity index (χ1v) is 19.0. The standard InChI is InChI=1S/C36H54F3NO11/c1-19-8-10-25-21(3)32(7,46-28-33(25)23(19)12-14-30(5,44-28)48-50-33)43-18-27(41)40-16-17-42-35(36(37,38)39)22(4)26-11-9-20(2)24-13-15-31(6)45-29(47-35)34(24,26)51-49-31/h19-26,28-29H,8-18H2,1-7H3,(H,40,41)/t19-,20-,21-,22-,23+,24+,25+,26+,28+,29+,30+,31+,32+,33-,34-,35-/m1/s1. The highest BCUT2D eigenvalue weighted by Crippen LogP contribution is 2.65. The van der Waals surface area contributed by atoms with Gasteiger partial charge in [0.2, 0.25) is 17.5 Å². The molecule has 290 valence electrons. The number of nitrogens with one attached hydrogen (secondary N) is 1. The topological polar surface area (TPSA) is 121 Å². The van der Waals surface area contributed by atoms with Gasteiger partial charge in [-0.1, -0.05) is 27.7 Å². The summed E-state index contributed by atoms with van der Waals surface area (Å²) >= 11 is 0. The molecule has 4 bridgehead atoms. The van der Waals surface area contributed by atoms with E-state index in [4.69, 9.17) is 48.0 Å². The van der Waals surface area contributed by atoms with E-state index in [9.17, 15) is 4.79 Å². The van der Waals surface area contributed by atoms with E-state index < -0.39 is 77.5 Å². The zero-order valence-electron chi connectivity index (χ0n) is 30.7. The Bertz CT molecular complexity index is 1380. The molecule has 2 saturated carbocycles. The molecule has 51 heavy (non-hydrogen) atoms. The minimum Gasteiger partial charge on any atom is -0.352 e. The van der Waals surface area contributed by atoms with Crippen molar-refractivity contribution in [3.05, 3.63) is 0 Å². The van der Waals surface area contributed by atoms with Crippen LogP contribution in [0.2, 0.25) is 0 Å². The van der Waals surface area contributed by atoms with Crippen LogP contribution in [-0.4, -0.2) is 78.8 Å². The summed E-state index contributed by atoms with van der Waals surface area (Å²) in [6.45, 7) is 12.1. The molecule has 0 aromatic rings. The lowest BCUT2D eigenvalue weighted by atomic mass is 9.57. The summed E-state index contributed by atoms with van der Waals surface area (Å²) in [5.41, 5.74) is -1.96. The lowest BCUT2D eigenvalue weighted by Crippen LogP contribution is -2.76. The second-order valence-corrected chi connectivity index (χ2v) is 17.3. The van der Waals surface area contributed by atoms with Crippen LogP contribution in [0.1, 0.15) is 99.8 Å². The van der Waals surface area contributed by atoms with E-state index in [2.05, 4.69) is 19.2 Å². The van der Waals surface area contributed by atoms with Gasteiger partial charge in [-0.15, -0.1) is 0 Å². The maximum absolute atomic E-state index is 15.1. The second-order valence-electron chi connectivity index (χ2n) is 17.3. The molecule has 2 spiro atoms.